The summed E-state index contributed by atoms with van der Waals surface area (Å²) < 4.78 is 29.7. The molecule has 1 aromatic heterocycles. The Hall–Kier alpha value is -1.41. The van der Waals surface area contributed by atoms with E-state index in [1.54, 1.807) is 11.0 Å². The van der Waals surface area contributed by atoms with Crippen LogP contribution in [0.2, 0.25) is 0 Å². The van der Waals surface area contributed by atoms with Crippen molar-refractivity contribution in [1.29, 1.82) is 0 Å². The van der Waals surface area contributed by atoms with E-state index in [4.69, 9.17) is 4.52 Å². The molecule has 25 heavy (non-hydrogen) atoms. The highest BCUT2D eigenvalue weighted by Gasteiger charge is 2.49. The predicted molar refractivity (Wildman–Crippen MR) is 92.2 cm³/mol. The molecule has 0 unspecified atom stereocenters. The van der Waals surface area contributed by atoms with E-state index in [9.17, 15) is 13.2 Å². The Balaban J connectivity index is 1.56. The van der Waals surface area contributed by atoms with Crippen molar-refractivity contribution in [2.45, 2.75) is 44.7 Å². The number of nitrogens with zero attached hydrogens (tertiary/aromatic N) is 3. The molecule has 7 nitrogen and oxygen atoms in total. The molecule has 0 aromatic carbocycles. The minimum atomic E-state index is -3.12. The molecule has 138 valence electrons. The van der Waals surface area contributed by atoms with E-state index in [0.717, 1.165) is 18.8 Å². The van der Waals surface area contributed by atoms with Crippen LogP contribution in [0.4, 0.5) is 0 Å². The van der Waals surface area contributed by atoms with Gasteiger partial charge in [0.2, 0.25) is 5.76 Å². The Morgan fingerprint density at radius 3 is 2.64 bits per heavy atom. The Kier molecular flexibility index (Phi) is 4.15. The van der Waals surface area contributed by atoms with Gasteiger partial charge in [0.1, 0.15) is 0 Å². The van der Waals surface area contributed by atoms with E-state index >= 15 is 0 Å². The van der Waals surface area contributed by atoms with Gasteiger partial charge in [-0.05, 0) is 24.7 Å². The van der Waals surface area contributed by atoms with Crippen molar-refractivity contribution >= 4 is 15.7 Å². The molecule has 3 fully saturated rings. The van der Waals surface area contributed by atoms with Gasteiger partial charge in [-0.3, -0.25) is 9.69 Å². The second-order valence-corrected chi connectivity index (χ2v) is 10.1. The Morgan fingerprint density at radius 2 is 2.00 bits per heavy atom. The second-order valence-electron chi connectivity index (χ2n) is 7.92. The number of amides is 1. The number of hydrogen-bond donors (Lipinski definition) is 0. The van der Waals surface area contributed by atoms with Crippen LogP contribution in [0, 0.1) is 5.92 Å². The largest absolute Gasteiger partial charge is 0.351 e. The van der Waals surface area contributed by atoms with Crippen molar-refractivity contribution in [3.8, 4) is 0 Å². The molecule has 4 rings (SSSR count). The van der Waals surface area contributed by atoms with Crippen LogP contribution in [0.15, 0.2) is 10.6 Å². The number of hydrogen-bond acceptors (Lipinski definition) is 6. The summed E-state index contributed by atoms with van der Waals surface area (Å²) in [5.74, 6) is 1.06. The summed E-state index contributed by atoms with van der Waals surface area (Å²) in [6.45, 7) is 6.20. The zero-order valence-corrected chi connectivity index (χ0v) is 15.5. The lowest BCUT2D eigenvalue weighted by molar-refractivity contribution is 0.0287. The van der Waals surface area contributed by atoms with Crippen LogP contribution in [0.25, 0.3) is 0 Å². The fourth-order valence-electron chi connectivity index (χ4n) is 3.94. The Morgan fingerprint density at radius 1 is 1.28 bits per heavy atom. The van der Waals surface area contributed by atoms with Gasteiger partial charge < -0.3 is 9.42 Å². The topological polar surface area (TPSA) is 83.7 Å². The molecule has 0 N–H and O–H groups in total. The number of rotatable bonds is 4. The summed E-state index contributed by atoms with van der Waals surface area (Å²) in [7, 11) is -3.12. The molecule has 0 spiro atoms. The monoisotopic (exact) mass is 367 g/mol. The molecule has 1 aliphatic carbocycles. The second kappa shape index (κ2) is 6.09. The summed E-state index contributed by atoms with van der Waals surface area (Å²) in [6.07, 6.45) is 2.47. The highest BCUT2D eigenvalue weighted by Crippen LogP contribution is 2.34. The average molecular weight is 367 g/mol. The van der Waals surface area contributed by atoms with Gasteiger partial charge in [0.15, 0.2) is 9.84 Å². The predicted octanol–water partition coefficient (Wildman–Crippen LogP) is 1.13. The van der Waals surface area contributed by atoms with Crippen molar-refractivity contribution in [1.82, 2.24) is 15.0 Å². The van der Waals surface area contributed by atoms with Gasteiger partial charge in [0.25, 0.3) is 5.91 Å². The first-order valence-electron chi connectivity index (χ1n) is 9.06. The lowest BCUT2D eigenvalue weighted by Gasteiger charge is -2.43. The van der Waals surface area contributed by atoms with E-state index in [1.165, 1.54) is 12.8 Å². The highest BCUT2D eigenvalue weighted by molar-refractivity contribution is 7.91. The third-order valence-corrected chi connectivity index (χ3v) is 7.27. The molecule has 8 heteroatoms. The summed E-state index contributed by atoms with van der Waals surface area (Å²) in [6, 6.07) is 1.32. The standard InChI is InChI=1S/C17H25N3O4S/c1-11(2)13-7-16(24-18-13)17(21)20-6-5-19(8-12-3-4-12)14-9-25(22,23)10-15(14)20/h7,11-12,14-15H,3-6,8-10H2,1-2H3/t14-,15+/m1/s1. The molecule has 2 atom stereocenters. The van der Waals surface area contributed by atoms with Gasteiger partial charge in [-0.15, -0.1) is 0 Å². The molecule has 0 radical (unpaired) electrons. The van der Waals surface area contributed by atoms with Crippen molar-refractivity contribution in [3.63, 3.8) is 0 Å². The number of fused-ring (bicyclic) bond motifs is 1. The molecule has 1 saturated carbocycles. The van der Waals surface area contributed by atoms with E-state index < -0.39 is 9.84 Å². The van der Waals surface area contributed by atoms with Crippen LogP contribution in [0.3, 0.4) is 0 Å². The Labute approximate surface area is 148 Å². The lowest BCUT2D eigenvalue weighted by atomic mass is 10.0. The third kappa shape index (κ3) is 3.33. The van der Waals surface area contributed by atoms with Crippen LogP contribution in [0.1, 0.15) is 48.9 Å². The molecule has 1 amide bonds. The summed E-state index contributed by atoms with van der Waals surface area (Å²) in [5, 5.41) is 3.96. The van der Waals surface area contributed by atoms with E-state index in [-0.39, 0.29) is 41.2 Å². The van der Waals surface area contributed by atoms with Crippen LogP contribution in [0.5, 0.6) is 0 Å². The summed E-state index contributed by atoms with van der Waals surface area (Å²) >= 11 is 0. The first-order chi connectivity index (χ1) is 11.8. The smallest absolute Gasteiger partial charge is 0.292 e. The van der Waals surface area contributed by atoms with Gasteiger partial charge >= 0.3 is 0 Å². The zero-order valence-electron chi connectivity index (χ0n) is 14.7. The van der Waals surface area contributed by atoms with Gasteiger partial charge in [0, 0.05) is 31.7 Å². The maximum absolute atomic E-state index is 12.9. The van der Waals surface area contributed by atoms with E-state index in [0.29, 0.717) is 12.5 Å². The zero-order chi connectivity index (χ0) is 17.8. The number of carbonyl (C=O) groups excluding carboxylic acids is 1. The molecule has 3 aliphatic rings. The molecule has 2 aliphatic heterocycles. The number of piperazine rings is 1. The normalized spacial score (nSPS) is 29.2. The first-order valence-corrected chi connectivity index (χ1v) is 10.9. The maximum Gasteiger partial charge on any atom is 0.292 e. The van der Waals surface area contributed by atoms with Crippen LogP contribution in [-0.4, -0.2) is 72.5 Å². The number of carbonyl (C=O) groups is 1. The molecule has 1 aromatic rings. The minimum absolute atomic E-state index is 0.0513. The van der Waals surface area contributed by atoms with Crippen molar-refractivity contribution < 1.29 is 17.7 Å². The van der Waals surface area contributed by atoms with Crippen LogP contribution < -0.4 is 0 Å². The molecular weight excluding hydrogens is 342 g/mol. The van der Waals surface area contributed by atoms with E-state index in [2.05, 4.69) is 10.1 Å². The van der Waals surface area contributed by atoms with Gasteiger partial charge in [-0.2, -0.15) is 0 Å². The van der Waals surface area contributed by atoms with Crippen molar-refractivity contribution in [2.24, 2.45) is 5.92 Å². The minimum Gasteiger partial charge on any atom is -0.351 e. The number of sulfone groups is 1. The van der Waals surface area contributed by atoms with E-state index in [1.807, 2.05) is 13.8 Å². The number of aromatic nitrogens is 1. The Bertz CT molecular complexity index is 769. The fourth-order valence-corrected chi connectivity index (χ4v) is 5.95. The summed E-state index contributed by atoms with van der Waals surface area (Å²) in [5.41, 5.74) is 0.742. The molecule has 2 saturated heterocycles. The SMILES string of the molecule is CC(C)c1cc(C(=O)N2CCN(CC3CC3)[C@@H]3CS(=O)(=O)C[C@@H]32)on1. The quantitative estimate of drug-likeness (QED) is 0.793. The van der Waals surface area contributed by atoms with Gasteiger partial charge in [0.05, 0.1) is 23.2 Å². The lowest BCUT2D eigenvalue weighted by Crippen LogP contribution is -2.60. The van der Waals surface area contributed by atoms with Crippen molar-refractivity contribution in [2.75, 3.05) is 31.1 Å². The fraction of sp³-hybridized carbons (Fsp3) is 0.765. The van der Waals surface area contributed by atoms with Crippen LogP contribution >= 0.6 is 0 Å². The van der Waals surface area contributed by atoms with Gasteiger partial charge in [-0.25, -0.2) is 8.42 Å². The van der Waals surface area contributed by atoms with Crippen LogP contribution in [-0.2, 0) is 9.84 Å². The summed E-state index contributed by atoms with van der Waals surface area (Å²) in [4.78, 5) is 16.9. The average Bonchev–Trinajstić information content (AvgIpc) is 3.09. The maximum atomic E-state index is 12.9. The van der Waals surface area contributed by atoms with Gasteiger partial charge in [-0.1, -0.05) is 19.0 Å². The highest BCUT2D eigenvalue weighted by atomic mass is 32.2. The molecule has 0 bridgehead atoms. The molecule has 3 heterocycles. The third-order valence-electron chi connectivity index (χ3n) is 5.57. The van der Waals surface area contributed by atoms with Crippen molar-refractivity contribution in [3.05, 3.63) is 17.5 Å². The first kappa shape index (κ1) is 17.0. The molecular formula is C17H25N3O4S.